The van der Waals surface area contributed by atoms with E-state index in [2.05, 4.69) is 16.0 Å². The van der Waals surface area contributed by atoms with Gasteiger partial charge in [0.05, 0.1) is 0 Å². The number of fused-ring (bicyclic) bond motifs is 1. The Morgan fingerprint density at radius 1 is 1.29 bits per heavy atom. The van der Waals surface area contributed by atoms with E-state index in [1.54, 1.807) is 0 Å². The van der Waals surface area contributed by atoms with Crippen LogP contribution in [0.2, 0.25) is 0 Å². The largest absolute Gasteiger partial charge is 0.480 e. The van der Waals surface area contributed by atoms with Crippen LogP contribution < -0.4 is 0 Å². The van der Waals surface area contributed by atoms with E-state index in [9.17, 15) is 9.90 Å². The highest BCUT2D eigenvalue weighted by Crippen LogP contribution is 2.28. The van der Waals surface area contributed by atoms with Gasteiger partial charge in [-0.05, 0) is 44.5 Å². The standard InChI is InChI=1S/C17H22N2O2/c1-17(16(20)21,19-9-5-2-6-10-19)11-13-12-18-15-8-4-3-7-14(13)15/h3-4,7-8,12,18H,2,5-6,9-11H2,1H3,(H,20,21). The molecule has 3 rings (SSSR count). The number of rotatable bonds is 4. The number of carboxylic acids is 1. The summed E-state index contributed by atoms with van der Waals surface area (Å²) in [6, 6.07) is 8.07. The van der Waals surface area contributed by atoms with Crippen molar-refractivity contribution in [1.82, 2.24) is 9.88 Å². The molecule has 2 aromatic rings. The zero-order chi connectivity index (χ0) is 14.9. The Kier molecular flexibility index (Phi) is 3.72. The Morgan fingerprint density at radius 3 is 2.71 bits per heavy atom. The number of aromatic nitrogens is 1. The SMILES string of the molecule is CC(Cc1c[nH]c2ccccc12)(C(=O)O)N1CCCCC1. The van der Waals surface area contributed by atoms with Gasteiger partial charge in [-0.1, -0.05) is 24.6 Å². The third kappa shape index (κ3) is 2.56. The predicted molar refractivity (Wildman–Crippen MR) is 83.5 cm³/mol. The normalized spacial score (nSPS) is 19.5. The zero-order valence-electron chi connectivity index (χ0n) is 12.4. The van der Waals surface area contributed by atoms with Crippen LogP contribution in [0.15, 0.2) is 30.5 Å². The molecule has 1 aliphatic rings. The van der Waals surface area contributed by atoms with Gasteiger partial charge < -0.3 is 10.1 Å². The number of piperidine rings is 1. The van der Waals surface area contributed by atoms with Crippen molar-refractivity contribution in [3.05, 3.63) is 36.0 Å². The van der Waals surface area contributed by atoms with E-state index in [4.69, 9.17) is 0 Å². The van der Waals surface area contributed by atoms with Crippen molar-refractivity contribution >= 4 is 16.9 Å². The quantitative estimate of drug-likeness (QED) is 0.908. The van der Waals surface area contributed by atoms with Crippen LogP contribution in [-0.4, -0.2) is 39.6 Å². The number of nitrogens with zero attached hydrogens (tertiary/aromatic N) is 1. The Bertz CT molecular complexity index is 643. The van der Waals surface area contributed by atoms with E-state index in [1.165, 1.54) is 6.42 Å². The minimum absolute atomic E-state index is 0.534. The van der Waals surface area contributed by atoms with Gasteiger partial charge in [0.25, 0.3) is 0 Å². The van der Waals surface area contributed by atoms with Crippen LogP contribution >= 0.6 is 0 Å². The Hall–Kier alpha value is -1.81. The maximum atomic E-state index is 11.9. The first-order chi connectivity index (χ1) is 10.1. The van der Waals surface area contributed by atoms with Gasteiger partial charge in [-0.2, -0.15) is 0 Å². The smallest absolute Gasteiger partial charge is 0.324 e. The number of para-hydroxylation sites is 1. The molecule has 0 radical (unpaired) electrons. The molecule has 2 heterocycles. The van der Waals surface area contributed by atoms with E-state index in [0.717, 1.165) is 42.4 Å². The molecule has 2 N–H and O–H groups in total. The second-order valence-corrected chi connectivity index (χ2v) is 6.16. The molecule has 0 spiro atoms. The average Bonchev–Trinajstić information content (AvgIpc) is 2.91. The molecule has 1 saturated heterocycles. The molecule has 1 aliphatic heterocycles. The fourth-order valence-corrected chi connectivity index (χ4v) is 3.36. The Labute approximate surface area is 124 Å². The van der Waals surface area contributed by atoms with Crippen LogP contribution in [0.3, 0.4) is 0 Å². The molecule has 4 nitrogen and oxygen atoms in total. The average molecular weight is 286 g/mol. The van der Waals surface area contributed by atoms with Crippen molar-refractivity contribution in [3.63, 3.8) is 0 Å². The van der Waals surface area contributed by atoms with Gasteiger partial charge in [-0.3, -0.25) is 9.69 Å². The summed E-state index contributed by atoms with van der Waals surface area (Å²) in [5.41, 5.74) is 1.32. The number of carbonyl (C=O) groups is 1. The molecule has 4 heteroatoms. The second kappa shape index (κ2) is 5.53. The van der Waals surface area contributed by atoms with E-state index in [1.807, 2.05) is 31.3 Å². The molecule has 1 atom stereocenters. The zero-order valence-corrected chi connectivity index (χ0v) is 12.4. The summed E-state index contributed by atoms with van der Waals surface area (Å²) >= 11 is 0. The van der Waals surface area contributed by atoms with Gasteiger partial charge in [0, 0.05) is 23.5 Å². The molecule has 0 amide bonds. The number of nitrogens with one attached hydrogen (secondary N) is 1. The number of aliphatic carboxylic acids is 1. The first-order valence-electron chi connectivity index (χ1n) is 7.65. The number of H-pyrrole nitrogens is 1. The highest BCUT2D eigenvalue weighted by Gasteiger charge is 2.40. The third-order valence-corrected chi connectivity index (χ3v) is 4.72. The maximum Gasteiger partial charge on any atom is 0.324 e. The summed E-state index contributed by atoms with van der Waals surface area (Å²) in [6.45, 7) is 3.62. The van der Waals surface area contributed by atoms with Crippen molar-refractivity contribution < 1.29 is 9.90 Å². The lowest BCUT2D eigenvalue weighted by atomic mass is 9.89. The van der Waals surface area contributed by atoms with Crippen molar-refractivity contribution in [2.24, 2.45) is 0 Å². The van der Waals surface area contributed by atoms with E-state index >= 15 is 0 Å². The number of likely N-dealkylation sites (tertiary alicyclic amines) is 1. The fourth-order valence-electron chi connectivity index (χ4n) is 3.36. The fraction of sp³-hybridized carbons (Fsp3) is 0.471. The van der Waals surface area contributed by atoms with Crippen molar-refractivity contribution in [2.45, 2.75) is 38.1 Å². The lowest BCUT2D eigenvalue weighted by Gasteiger charge is -2.40. The number of aromatic amines is 1. The van der Waals surface area contributed by atoms with Crippen LogP contribution in [-0.2, 0) is 11.2 Å². The molecule has 0 aliphatic carbocycles. The molecule has 1 aromatic heterocycles. The summed E-state index contributed by atoms with van der Waals surface area (Å²) < 4.78 is 0. The molecule has 1 aromatic carbocycles. The lowest BCUT2D eigenvalue weighted by molar-refractivity contribution is -0.151. The highest BCUT2D eigenvalue weighted by atomic mass is 16.4. The summed E-state index contributed by atoms with van der Waals surface area (Å²) in [6.07, 6.45) is 5.88. The number of hydrogen-bond acceptors (Lipinski definition) is 2. The molecule has 21 heavy (non-hydrogen) atoms. The summed E-state index contributed by atoms with van der Waals surface area (Å²) in [7, 11) is 0. The van der Waals surface area contributed by atoms with Crippen molar-refractivity contribution in [3.8, 4) is 0 Å². The Balaban J connectivity index is 1.93. The third-order valence-electron chi connectivity index (χ3n) is 4.72. The van der Waals surface area contributed by atoms with Gasteiger partial charge in [-0.15, -0.1) is 0 Å². The van der Waals surface area contributed by atoms with Gasteiger partial charge >= 0.3 is 5.97 Å². The minimum atomic E-state index is -0.828. The van der Waals surface area contributed by atoms with Gasteiger partial charge in [-0.25, -0.2) is 0 Å². The van der Waals surface area contributed by atoms with Crippen molar-refractivity contribution in [1.29, 1.82) is 0 Å². The number of carboxylic acid groups (broad SMARTS) is 1. The van der Waals surface area contributed by atoms with Gasteiger partial charge in [0.1, 0.15) is 5.54 Å². The molecule has 0 saturated carbocycles. The van der Waals surface area contributed by atoms with Gasteiger partial charge in [0.15, 0.2) is 0 Å². The summed E-state index contributed by atoms with van der Waals surface area (Å²) in [5.74, 6) is -0.727. The molecule has 112 valence electrons. The minimum Gasteiger partial charge on any atom is -0.480 e. The van der Waals surface area contributed by atoms with Gasteiger partial charge in [0.2, 0.25) is 0 Å². The van der Waals surface area contributed by atoms with E-state index in [0.29, 0.717) is 6.42 Å². The molecule has 1 unspecified atom stereocenters. The molecular formula is C17H22N2O2. The first kappa shape index (κ1) is 14.1. The van der Waals surface area contributed by atoms with Crippen LogP contribution in [0.4, 0.5) is 0 Å². The topological polar surface area (TPSA) is 56.3 Å². The summed E-state index contributed by atoms with van der Waals surface area (Å²) in [4.78, 5) is 17.3. The molecular weight excluding hydrogens is 264 g/mol. The monoisotopic (exact) mass is 286 g/mol. The van der Waals surface area contributed by atoms with Crippen LogP contribution in [0.25, 0.3) is 10.9 Å². The van der Waals surface area contributed by atoms with E-state index < -0.39 is 11.5 Å². The summed E-state index contributed by atoms with van der Waals surface area (Å²) in [5, 5.41) is 10.9. The van der Waals surface area contributed by atoms with Crippen LogP contribution in [0.1, 0.15) is 31.7 Å². The first-order valence-corrected chi connectivity index (χ1v) is 7.65. The Morgan fingerprint density at radius 2 is 2.00 bits per heavy atom. The number of benzene rings is 1. The molecule has 1 fully saturated rings. The van der Waals surface area contributed by atoms with Crippen LogP contribution in [0.5, 0.6) is 0 Å². The maximum absolute atomic E-state index is 11.9. The van der Waals surface area contributed by atoms with Crippen molar-refractivity contribution in [2.75, 3.05) is 13.1 Å². The van der Waals surface area contributed by atoms with Crippen LogP contribution in [0, 0.1) is 0 Å². The highest BCUT2D eigenvalue weighted by molar-refractivity contribution is 5.85. The van der Waals surface area contributed by atoms with E-state index in [-0.39, 0.29) is 0 Å². The lowest BCUT2D eigenvalue weighted by Crippen LogP contribution is -2.55. The second-order valence-electron chi connectivity index (χ2n) is 6.16. The molecule has 0 bridgehead atoms. The predicted octanol–water partition coefficient (Wildman–Crippen LogP) is 3.04. The number of hydrogen-bond donors (Lipinski definition) is 2.